The van der Waals surface area contributed by atoms with Crippen LogP contribution in [0, 0.1) is 0 Å². The molecule has 0 fully saturated rings. The van der Waals surface area contributed by atoms with E-state index in [2.05, 4.69) is 9.88 Å². The standard InChI is InChI=1S/C15H14Cl2N2O2/c16-12-6-11-9-19(3-4-21-15(11)13(17)7-12)8-10-1-2-18-14(20)5-10/h1-2,5-7H,3-4,8-9H2,(H,18,20). The minimum Gasteiger partial charge on any atom is -0.490 e. The first-order chi connectivity index (χ1) is 10.1. The normalized spacial score (nSPS) is 15.1. The van der Waals surface area contributed by atoms with E-state index in [4.69, 9.17) is 27.9 Å². The molecule has 0 amide bonds. The Morgan fingerprint density at radius 2 is 2.14 bits per heavy atom. The van der Waals surface area contributed by atoms with E-state index in [-0.39, 0.29) is 5.56 Å². The van der Waals surface area contributed by atoms with Crippen LogP contribution < -0.4 is 10.3 Å². The lowest BCUT2D eigenvalue weighted by molar-refractivity contribution is 0.219. The molecule has 0 radical (unpaired) electrons. The van der Waals surface area contributed by atoms with Crippen molar-refractivity contribution in [2.24, 2.45) is 0 Å². The predicted molar refractivity (Wildman–Crippen MR) is 83.1 cm³/mol. The first-order valence-electron chi connectivity index (χ1n) is 6.62. The molecule has 0 saturated heterocycles. The number of H-pyrrole nitrogens is 1. The van der Waals surface area contributed by atoms with Crippen LogP contribution in [-0.4, -0.2) is 23.0 Å². The molecule has 1 aliphatic heterocycles. The van der Waals surface area contributed by atoms with Gasteiger partial charge < -0.3 is 9.72 Å². The predicted octanol–water partition coefficient (Wildman–Crippen LogP) is 3.08. The fourth-order valence-electron chi connectivity index (χ4n) is 2.47. The van der Waals surface area contributed by atoms with Crippen molar-refractivity contribution in [1.29, 1.82) is 0 Å². The summed E-state index contributed by atoms with van der Waals surface area (Å²) in [7, 11) is 0. The molecule has 1 N–H and O–H groups in total. The first-order valence-corrected chi connectivity index (χ1v) is 7.38. The summed E-state index contributed by atoms with van der Waals surface area (Å²) in [6.07, 6.45) is 1.66. The molecule has 1 aliphatic rings. The molecule has 6 heteroatoms. The minimum atomic E-state index is -0.0925. The number of fused-ring (bicyclic) bond motifs is 1. The lowest BCUT2D eigenvalue weighted by Gasteiger charge is -2.19. The van der Waals surface area contributed by atoms with Gasteiger partial charge in [0.25, 0.3) is 0 Å². The summed E-state index contributed by atoms with van der Waals surface area (Å²) in [4.78, 5) is 16.2. The number of nitrogens with one attached hydrogen (secondary N) is 1. The van der Waals surface area contributed by atoms with Gasteiger partial charge in [-0.1, -0.05) is 23.2 Å². The summed E-state index contributed by atoms with van der Waals surface area (Å²) >= 11 is 12.2. The van der Waals surface area contributed by atoms with E-state index in [1.54, 1.807) is 18.3 Å². The van der Waals surface area contributed by atoms with E-state index in [9.17, 15) is 4.79 Å². The Kier molecular flexibility index (Phi) is 4.19. The van der Waals surface area contributed by atoms with Crippen molar-refractivity contribution in [3.63, 3.8) is 0 Å². The van der Waals surface area contributed by atoms with Crippen LogP contribution in [0.4, 0.5) is 0 Å². The molecule has 1 aromatic heterocycles. The average molecular weight is 325 g/mol. The third-order valence-corrected chi connectivity index (χ3v) is 3.88. The summed E-state index contributed by atoms with van der Waals surface area (Å²) in [6.45, 7) is 2.67. The van der Waals surface area contributed by atoms with Crippen LogP contribution >= 0.6 is 23.2 Å². The third-order valence-electron chi connectivity index (χ3n) is 3.38. The second-order valence-corrected chi connectivity index (χ2v) is 5.84. The fraction of sp³-hybridized carbons (Fsp3) is 0.267. The molecular formula is C15H14Cl2N2O2. The smallest absolute Gasteiger partial charge is 0.248 e. The van der Waals surface area contributed by atoms with Gasteiger partial charge in [0.1, 0.15) is 12.4 Å². The third kappa shape index (κ3) is 3.40. The van der Waals surface area contributed by atoms with Crippen molar-refractivity contribution >= 4 is 23.2 Å². The topological polar surface area (TPSA) is 45.3 Å². The van der Waals surface area contributed by atoms with E-state index in [1.165, 1.54) is 0 Å². The van der Waals surface area contributed by atoms with Gasteiger partial charge >= 0.3 is 0 Å². The van der Waals surface area contributed by atoms with Gasteiger partial charge in [-0.3, -0.25) is 9.69 Å². The highest BCUT2D eigenvalue weighted by atomic mass is 35.5. The average Bonchev–Trinajstić information content (AvgIpc) is 2.60. The molecular weight excluding hydrogens is 311 g/mol. The fourth-order valence-corrected chi connectivity index (χ4v) is 3.06. The number of nitrogens with zero attached hydrogens (tertiary/aromatic N) is 1. The summed E-state index contributed by atoms with van der Waals surface area (Å²) in [5.41, 5.74) is 1.84. The molecule has 21 heavy (non-hydrogen) atoms. The van der Waals surface area contributed by atoms with Crippen LogP contribution in [0.25, 0.3) is 0 Å². The van der Waals surface area contributed by atoms with E-state index < -0.39 is 0 Å². The highest BCUT2D eigenvalue weighted by Crippen LogP contribution is 2.34. The number of hydrogen-bond acceptors (Lipinski definition) is 3. The molecule has 1 aromatic carbocycles. The molecule has 4 nitrogen and oxygen atoms in total. The van der Waals surface area contributed by atoms with Crippen molar-refractivity contribution < 1.29 is 4.74 Å². The maximum atomic E-state index is 11.4. The number of pyridine rings is 1. The van der Waals surface area contributed by atoms with Crippen LogP contribution in [0.2, 0.25) is 10.0 Å². The second-order valence-electron chi connectivity index (χ2n) is 5.00. The molecule has 2 heterocycles. The number of aromatic amines is 1. The molecule has 110 valence electrons. The first kappa shape index (κ1) is 14.4. The molecule has 0 aliphatic carbocycles. The Morgan fingerprint density at radius 3 is 2.95 bits per heavy atom. The summed E-state index contributed by atoms with van der Waals surface area (Å²) < 4.78 is 5.73. The van der Waals surface area contributed by atoms with Gasteiger partial charge in [-0.15, -0.1) is 0 Å². The Morgan fingerprint density at radius 1 is 1.29 bits per heavy atom. The van der Waals surface area contributed by atoms with Crippen LogP contribution in [-0.2, 0) is 13.1 Å². The van der Waals surface area contributed by atoms with Gasteiger partial charge in [0.05, 0.1) is 5.02 Å². The number of ether oxygens (including phenoxy) is 1. The molecule has 0 bridgehead atoms. The Bertz CT molecular complexity index is 715. The van der Waals surface area contributed by atoms with Gasteiger partial charge in [0.15, 0.2) is 0 Å². The molecule has 2 aromatic rings. The minimum absolute atomic E-state index is 0.0925. The lowest BCUT2D eigenvalue weighted by Crippen LogP contribution is -2.25. The van der Waals surface area contributed by atoms with Gasteiger partial charge in [-0.05, 0) is 23.8 Å². The van der Waals surface area contributed by atoms with Gasteiger partial charge in [-0.2, -0.15) is 0 Å². The number of benzene rings is 1. The van der Waals surface area contributed by atoms with Gasteiger partial charge in [-0.25, -0.2) is 0 Å². The van der Waals surface area contributed by atoms with Crippen molar-refractivity contribution in [3.05, 3.63) is 62.0 Å². The van der Waals surface area contributed by atoms with Crippen LogP contribution in [0.1, 0.15) is 11.1 Å². The Labute approximate surface area is 132 Å². The summed E-state index contributed by atoms with van der Waals surface area (Å²) in [6, 6.07) is 7.07. The number of aromatic nitrogens is 1. The van der Waals surface area contributed by atoms with Gasteiger partial charge in [0.2, 0.25) is 5.56 Å². The lowest BCUT2D eigenvalue weighted by atomic mass is 10.1. The van der Waals surface area contributed by atoms with Crippen LogP contribution in [0.5, 0.6) is 5.75 Å². The van der Waals surface area contributed by atoms with Crippen LogP contribution in [0.15, 0.2) is 35.3 Å². The Hall–Kier alpha value is -1.49. The SMILES string of the molecule is O=c1cc(CN2CCOc3c(Cl)cc(Cl)cc3C2)cc[nH]1. The quantitative estimate of drug-likeness (QED) is 0.923. The number of halogens is 2. The van der Waals surface area contributed by atoms with E-state index in [0.717, 1.165) is 17.7 Å². The van der Waals surface area contributed by atoms with Crippen molar-refractivity contribution in [2.75, 3.05) is 13.2 Å². The maximum absolute atomic E-state index is 11.4. The molecule has 0 spiro atoms. The maximum Gasteiger partial charge on any atom is 0.248 e. The van der Waals surface area contributed by atoms with Crippen LogP contribution in [0.3, 0.4) is 0 Å². The second kappa shape index (κ2) is 6.10. The number of rotatable bonds is 2. The monoisotopic (exact) mass is 324 g/mol. The summed E-state index contributed by atoms with van der Waals surface area (Å²) in [5.74, 6) is 0.703. The Balaban J connectivity index is 1.84. The van der Waals surface area contributed by atoms with Gasteiger partial charge in [0, 0.05) is 42.5 Å². The van der Waals surface area contributed by atoms with Crippen molar-refractivity contribution in [2.45, 2.75) is 13.1 Å². The zero-order valence-corrected chi connectivity index (χ0v) is 12.7. The van der Waals surface area contributed by atoms with Crippen molar-refractivity contribution in [3.8, 4) is 5.75 Å². The molecule has 3 rings (SSSR count). The van der Waals surface area contributed by atoms with Crippen molar-refractivity contribution in [1.82, 2.24) is 9.88 Å². The molecule has 0 saturated carbocycles. The largest absolute Gasteiger partial charge is 0.490 e. The highest BCUT2D eigenvalue weighted by Gasteiger charge is 2.18. The molecule has 0 unspecified atom stereocenters. The highest BCUT2D eigenvalue weighted by molar-refractivity contribution is 6.35. The van der Waals surface area contributed by atoms with E-state index in [0.29, 0.717) is 35.5 Å². The zero-order valence-electron chi connectivity index (χ0n) is 11.2. The number of hydrogen-bond donors (Lipinski definition) is 1. The summed E-state index contributed by atoms with van der Waals surface area (Å²) in [5, 5.41) is 1.14. The molecule has 0 atom stereocenters. The van der Waals surface area contributed by atoms with E-state index >= 15 is 0 Å². The van der Waals surface area contributed by atoms with E-state index in [1.807, 2.05) is 12.1 Å². The zero-order chi connectivity index (χ0) is 14.8.